The normalized spacial score (nSPS) is 31.4. The van der Waals surface area contributed by atoms with Gasteiger partial charge in [0, 0.05) is 24.2 Å². The first-order valence-corrected chi connectivity index (χ1v) is 7.57. The highest BCUT2D eigenvalue weighted by atomic mass is 19.4. The third-order valence-corrected chi connectivity index (χ3v) is 4.99. The van der Waals surface area contributed by atoms with Crippen LogP contribution in [0.15, 0.2) is 24.3 Å². The number of fused-ring (bicyclic) bond motifs is 2. The van der Waals surface area contributed by atoms with Crippen LogP contribution >= 0.6 is 0 Å². The van der Waals surface area contributed by atoms with Crippen molar-refractivity contribution in [1.29, 1.82) is 0 Å². The molecule has 0 saturated carbocycles. The Morgan fingerprint density at radius 1 is 1.14 bits per heavy atom. The minimum Gasteiger partial charge on any atom is -0.328 e. The van der Waals surface area contributed by atoms with Crippen LogP contribution in [0, 0.1) is 0 Å². The summed E-state index contributed by atoms with van der Waals surface area (Å²) in [6, 6.07) is 6.59. The molecule has 1 aromatic rings. The molecular formula is C16H21F3N2. The van der Waals surface area contributed by atoms with Crippen LogP contribution in [0.3, 0.4) is 0 Å². The fraction of sp³-hybridized carbons (Fsp3) is 0.625. The molecule has 2 saturated heterocycles. The van der Waals surface area contributed by atoms with E-state index in [0.717, 1.165) is 25.7 Å². The Hall–Kier alpha value is -1.07. The number of nitrogens with zero attached hydrogens (tertiary/aromatic N) is 1. The molecule has 116 valence electrons. The van der Waals surface area contributed by atoms with Gasteiger partial charge in [0.25, 0.3) is 0 Å². The van der Waals surface area contributed by atoms with Crippen molar-refractivity contribution in [2.75, 3.05) is 0 Å². The Bertz CT molecular complexity index is 500. The zero-order valence-corrected chi connectivity index (χ0v) is 12.1. The molecule has 2 nitrogen and oxygen atoms in total. The van der Waals surface area contributed by atoms with Crippen LogP contribution in [0.5, 0.6) is 0 Å². The molecule has 5 heteroatoms. The van der Waals surface area contributed by atoms with Gasteiger partial charge in [0.15, 0.2) is 0 Å². The quantitative estimate of drug-likeness (QED) is 0.901. The number of nitrogens with two attached hydrogens (primary N) is 1. The third-order valence-electron chi connectivity index (χ3n) is 4.99. The Labute approximate surface area is 123 Å². The highest BCUT2D eigenvalue weighted by Crippen LogP contribution is 2.43. The van der Waals surface area contributed by atoms with E-state index in [4.69, 9.17) is 5.73 Å². The van der Waals surface area contributed by atoms with Crippen molar-refractivity contribution in [1.82, 2.24) is 4.90 Å². The van der Waals surface area contributed by atoms with Gasteiger partial charge in [-0.1, -0.05) is 18.2 Å². The number of piperidine rings is 1. The first-order chi connectivity index (χ1) is 9.88. The van der Waals surface area contributed by atoms with Gasteiger partial charge in [-0.05, 0) is 44.2 Å². The molecule has 3 unspecified atom stereocenters. The van der Waals surface area contributed by atoms with Gasteiger partial charge in [0.2, 0.25) is 0 Å². The lowest BCUT2D eigenvalue weighted by Crippen LogP contribution is -2.48. The van der Waals surface area contributed by atoms with E-state index >= 15 is 0 Å². The minimum atomic E-state index is -4.30. The van der Waals surface area contributed by atoms with E-state index in [-0.39, 0.29) is 12.1 Å². The average Bonchev–Trinajstić information content (AvgIpc) is 2.69. The number of benzene rings is 1. The summed E-state index contributed by atoms with van der Waals surface area (Å²) in [5.41, 5.74) is 5.93. The lowest BCUT2D eigenvalue weighted by atomic mass is 9.92. The van der Waals surface area contributed by atoms with Gasteiger partial charge in [-0.25, -0.2) is 0 Å². The van der Waals surface area contributed by atoms with Crippen LogP contribution in [0.4, 0.5) is 13.2 Å². The van der Waals surface area contributed by atoms with Gasteiger partial charge in [0.05, 0.1) is 5.56 Å². The van der Waals surface area contributed by atoms with Crippen molar-refractivity contribution >= 4 is 0 Å². The molecule has 3 rings (SSSR count). The van der Waals surface area contributed by atoms with Gasteiger partial charge in [-0.3, -0.25) is 4.90 Å². The molecule has 0 amide bonds. The summed E-state index contributed by atoms with van der Waals surface area (Å²) < 4.78 is 39.6. The monoisotopic (exact) mass is 298 g/mol. The number of alkyl halides is 3. The first kappa shape index (κ1) is 14.9. The molecule has 2 heterocycles. The Kier molecular flexibility index (Phi) is 3.74. The molecule has 2 bridgehead atoms. The molecule has 0 aromatic heterocycles. The lowest BCUT2D eigenvalue weighted by Gasteiger charge is -2.42. The lowest BCUT2D eigenvalue weighted by molar-refractivity contribution is -0.139. The number of halogens is 3. The van der Waals surface area contributed by atoms with E-state index in [1.165, 1.54) is 12.1 Å². The SMILES string of the molecule is CC(c1ccccc1C(F)(F)F)N1C2CCC1CC(N)C2. The van der Waals surface area contributed by atoms with Gasteiger partial charge in [-0.15, -0.1) is 0 Å². The summed E-state index contributed by atoms with van der Waals surface area (Å²) >= 11 is 0. The van der Waals surface area contributed by atoms with E-state index in [0.29, 0.717) is 17.6 Å². The molecule has 3 atom stereocenters. The van der Waals surface area contributed by atoms with Crippen molar-refractivity contribution in [3.05, 3.63) is 35.4 Å². The fourth-order valence-corrected chi connectivity index (χ4v) is 4.17. The summed E-state index contributed by atoms with van der Waals surface area (Å²) in [6.45, 7) is 1.90. The predicted octanol–water partition coefficient (Wildman–Crippen LogP) is 3.72. The van der Waals surface area contributed by atoms with Crippen LogP contribution in [-0.2, 0) is 6.18 Å². The first-order valence-electron chi connectivity index (χ1n) is 7.57. The Balaban J connectivity index is 1.92. The van der Waals surface area contributed by atoms with Crippen molar-refractivity contribution in [2.45, 2.75) is 63.0 Å². The molecule has 2 aliphatic rings. The van der Waals surface area contributed by atoms with Crippen molar-refractivity contribution in [3.8, 4) is 0 Å². The summed E-state index contributed by atoms with van der Waals surface area (Å²) in [6.07, 6.45) is -0.395. The number of hydrogen-bond donors (Lipinski definition) is 1. The molecular weight excluding hydrogens is 277 g/mol. The zero-order chi connectivity index (χ0) is 15.2. The largest absolute Gasteiger partial charge is 0.416 e. The molecule has 21 heavy (non-hydrogen) atoms. The fourth-order valence-electron chi connectivity index (χ4n) is 4.17. The van der Waals surface area contributed by atoms with E-state index in [2.05, 4.69) is 4.90 Å². The summed E-state index contributed by atoms with van der Waals surface area (Å²) in [5.74, 6) is 0. The average molecular weight is 298 g/mol. The van der Waals surface area contributed by atoms with Gasteiger partial charge >= 0.3 is 6.18 Å². The molecule has 2 N–H and O–H groups in total. The van der Waals surface area contributed by atoms with E-state index in [9.17, 15) is 13.2 Å². The molecule has 2 aliphatic heterocycles. The number of rotatable bonds is 2. The van der Waals surface area contributed by atoms with E-state index < -0.39 is 11.7 Å². The topological polar surface area (TPSA) is 29.3 Å². The van der Waals surface area contributed by atoms with Crippen LogP contribution < -0.4 is 5.73 Å². The minimum absolute atomic E-state index is 0.198. The molecule has 0 spiro atoms. The Morgan fingerprint density at radius 3 is 2.29 bits per heavy atom. The summed E-state index contributed by atoms with van der Waals surface area (Å²) in [7, 11) is 0. The molecule has 1 aromatic carbocycles. The second-order valence-electron chi connectivity index (χ2n) is 6.32. The van der Waals surface area contributed by atoms with Crippen LogP contribution in [-0.4, -0.2) is 23.0 Å². The second kappa shape index (κ2) is 5.29. The van der Waals surface area contributed by atoms with Crippen molar-refractivity contribution in [3.63, 3.8) is 0 Å². The van der Waals surface area contributed by atoms with Crippen LogP contribution in [0.25, 0.3) is 0 Å². The zero-order valence-electron chi connectivity index (χ0n) is 12.1. The molecule has 2 fully saturated rings. The maximum Gasteiger partial charge on any atom is 0.416 e. The Morgan fingerprint density at radius 2 is 1.71 bits per heavy atom. The van der Waals surface area contributed by atoms with E-state index in [1.54, 1.807) is 12.1 Å². The van der Waals surface area contributed by atoms with Crippen molar-refractivity contribution in [2.24, 2.45) is 5.73 Å². The highest BCUT2D eigenvalue weighted by Gasteiger charge is 2.44. The van der Waals surface area contributed by atoms with Crippen molar-refractivity contribution < 1.29 is 13.2 Å². The van der Waals surface area contributed by atoms with Crippen LogP contribution in [0.2, 0.25) is 0 Å². The molecule has 0 radical (unpaired) electrons. The summed E-state index contributed by atoms with van der Waals surface area (Å²) in [4.78, 5) is 2.27. The van der Waals surface area contributed by atoms with E-state index in [1.807, 2.05) is 6.92 Å². The van der Waals surface area contributed by atoms with Gasteiger partial charge in [0.1, 0.15) is 0 Å². The van der Waals surface area contributed by atoms with Gasteiger partial charge < -0.3 is 5.73 Å². The maximum absolute atomic E-state index is 13.2. The van der Waals surface area contributed by atoms with Gasteiger partial charge in [-0.2, -0.15) is 13.2 Å². The summed E-state index contributed by atoms with van der Waals surface area (Å²) in [5, 5.41) is 0. The predicted molar refractivity (Wildman–Crippen MR) is 75.7 cm³/mol. The number of hydrogen-bond acceptors (Lipinski definition) is 2. The maximum atomic E-state index is 13.2. The molecule has 0 aliphatic carbocycles. The highest BCUT2D eigenvalue weighted by molar-refractivity contribution is 5.32. The third kappa shape index (κ3) is 2.69. The second-order valence-corrected chi connectivity index (χ2v) is 6.32. The smallest absolute Gasteiger partial charge is 0.328 e. The standard InChI is InChI=1S/C16H21F3N2/c1-10(14-4-2-3-5-15(14)16(17,18)19)21-12-6-7-13(21)9-11(20)8-12/h2-5,10-13H,6-9,20H2,1H3. The van der Waals surface area contributed by atoms with Crippen LogP contribution in [0.1, 0.15) is 49.8 Å².